The molecule has 0 bridgehead atoms. The Kier molecular flexibility index (Phi) is 5.18. The number of nitro groups is 1. The molecule has 1 saturated heterocycles. The summed E-state index contributed by atoms with van der Waals surface area (Å²) < 4.78 is 0. The van der Waals surface area contributed by atoms with Crippen molar-refractivity contribution in [2.24, 2.45) is 0 Å². The summed E-state index contributed by atoms with van der Waals surface area (Å²) in [5.74, 6) is -1.25. The van der Waals surface area contributed by atoms with E-state index in [0.717, 1.165) is 18.9 Å². The van der Waals surface area contributed by atoms with Crippen LogP contribution in [0.2, 0.25) is 0 Å². The summed E-state index contributed by atoms with van der Waals surface area (Å²) in [6, 6.07) is 3.71. The standard InChI is InChI=1S/C16H20N2O6/c1-16(2,3)24-23-15(20)12-7-6-11(10-13(12)18(21)22)14(19)17-8-4-5-9-17/h6-7,10H,4-5,8-9H2,1-3H3. The average molecular weight is 336 g/mol. The number of carbonyl (C=O) groups excluding carboxylic acids is 2. The molecule has 0 atom stereocenters. The van der Waals surface area contributed by atoms with Crippen LogP contribution in [0.1, 0.15) is 54.3 Å². The highest BCUT2D eigenvalue weighted by Crippen LogP contribution is 2.24. The van der Waals surface area contributed by atoms with E-state index >= 15 is 0 Å². The third kappa shape index (κ3) is 4.29. The summed E-state index contributed by atoms with van der Waals surface area (Å²) >= 11 is 0. The van der Waals surface area contributed by atoms with Crippen molar-refractivity contribution >= 4 is 17.6 Å². The molecule has 24 heavy (non-hydrogen) atoms. The van der Waals surface area contributed by atoms with Crippen molar-refractivity contribution in [2.45, 2.75) is 39.2 Å². The average Bonchev–Trinajstić information content (AvgIpc) is 3.05. The first kappa shape index (κ1) is 17.9. The minimum Gasteiger partial charge on any atom is -0.339 e. The van der Waals surface area contributed by atoms with Crippen LogP contribution in [0.25, 0.3) is 0 Å². The van der Waals surface area contributed by atoms with Gasteiger partial charge in [-0.3, -0.25) is 19.8 Å². The topological polar surface area (TPSA) is 99.0 Å². The normalized spacial score (nSPS) is 14.5. The van der Waals surface area contributed by atoms with Gasteiger partial charge in [0.1, 0.15) is 11.2 Å². The molecule has 8 nitrogen and oxygen atoms in total. The molecule has 1 fully saturated rings. The van der Waals surface area contributed by atoms with Crippen molar-refractivity contribution in [2.75, 3.05) is 13.1 Å². The molecule has 130 valence electrons. The highest BCUT2D eigenvalue weighted by Gasteiger charge is 2.27. The molecule has 0 N–H and O–H groups in total. The smallest absolute Gasteiger partial charge is 0.339 e. The van der Waals surface area contributed by atoms with Gasteiger partial charge in [-0.2, -0.15) is 4.89 Å². The van der Waals surface area contributed by atoms with Gasteiger partial charge in [0.25, 0.3) is 11.6 Å². The number of carbonyl (C=O) groups is 2. The van der Waals surface area contributed by atoms with E-state index in [9.17, 15) is 19.7 Å². The third-order valence-electron chi connectivity index (χ3n) is 3.42. The minimum atomic E-state index is -0.975. The molecule has 1 heterocycles. The Morgan fingerprint density at radius 2 is 1.83 bits per heavy atom. The molecule has 1 aliphatic rings. The van der Waals surface area contributed by atoms with Gasteiger partial charge in [-0.05, 0) is 45.7 Å². The maximum atomic E-state index is 12.3. The van der Waals surface area contributed by atoms with E-state index in [1.165, 1.54) is 12.1 Å². The second-order valence-corrected chi connectivity index (χ2v) is 6.55. The zero-order valence-corrected chi connectivity index (χ0v) is 13.9. The Labute approximate surface area is 139 Å². The van der Waals surface area contributed by atoms with E-state index in [0.29, 0.717) is 13.1 Å². The van der Waals surface area contributed by atoms with Gasteiger partial charge in [-0.1, -0.05) is 0 Å². The number of amides is 1. The quantitative estimate of drug-likeness (QED) is 0.476. The second-order valence-electron chi connectivity index (χ2n) is 6.55. The van der Waals surface area contributed by atoms with Gasteiger partial charge < -0.3 is 4.90 Å². The van der Waals surface area contributed by atoms with Crippen molar-refractivity contribution in [3.8, 4) is 0 Å². The third-order valence-corrected chi connectivity index (χ3v) is 3.42. The summed E-state index contributed by atoms with van der Waals surface area (Å²) in [7, 11) is 0. The molecule has 0 radical (unpaired) electrons. The fraction of sp³-hybridized carbons (Fsp3) is 0.500. The summed E-state index contributed by atoms with van der Waals surface area (Å²) in [5.41, 5.74) is -1.31. The van der Waals surface area contributed by atoms with E-state index in [1.807, 2.05) is 0 Å². The van der Waals surface area contributed by atoms with Crippen LogP contribution < -0.4 is 0 Å². The highest BCUT2D eigenvalue weighted by atomic mass is 17.2. The number of benzene rings is 1. The number of likely N-dealkylation sites (tertiary alicyclic amines) is 1. The van der Waals surface area contributed by atoms with Crippen LogP contribution >= 0.6 is 0 Å². The number of rotatable bonds is 4. The molecule has 1 aromatic carbocycles. The lowest BCUT2D eigenvalue weighted by Crippen LogP contribution is -2.27. The van der Waals surface area contributed by atoms with Gasteiger partial charge >= 0.3 is 5.97 Å². The summed E-state index contributed by atoms with van der Waals surface area (Å²) in [4.78, 5) is 46.0. The van der Waals surface area contributed by atoms with Crippen LogP contribution in [0.5, 0.6) is 0 Å². The predicted molar refractivity (Wildman–Crippen MR) is 84.5 cm³/mol. The summed E-state index contributed by atoms with van der Waals surface area (Å²) in [6.07, 6.45) is 1.84. The zero-order chi connectivity index (χ0) is 17.9. The molecule has 0 spiro atoms. The molecule has 0 unspecified atom stereocenters. The number of hydrogen-bond acceptors (Lipinski definition) is 6. The summed E-state index contributed by atoms with van der Waals surface area (Å²) in [6.45, 7) is 6.29. The summed E-state index contributed by atoms with van der Waals surface area (Å²) in [5, 5.41) is 11.3. The fourth-order valence-electron chi connectivity index (χ4n) is 2.30. The van der Waals surface area contributed by atoms with E-state index in [2.05, 4.69) is 4.89 Å². The fourth-order valence-corrected chi connectivity index (χ4v) is 2.30. The molecule has 8 heteroatoms. The zero-order valence-electron chi connectivity index (χ0n) is 13.9. The number of nitro benzene ring substituents is 1. The van der Waals surface area contributed by atoms with Crippen molar-refractivity contribution in [1.29, 1.82) is 0 Å². The van der Waals surface area contributed by atoms with Crippen LogP contribution in [-0.4, -0.2) is 40.4 Å². The van der Waals surface area contributed by atoms with Crippen LogP contribution in [-0.2, 0) is 9.78 Å². The molecule has 1 amide bonds. The van der Waals surface area contributed by atoms with E-state index in [1.54, 1.807) is 25.7 Å². The Hall–Kier alpha value is -2.48. The highest BCUT2D eigenvalue weighted by molar-refractivity contribution is 5.99. The number of hydrogen-bond donors (Lipinski definition) is 0. The Balaban J connectivity index is 2.25. The van der Waals surface area contributed by atoms with E-state index < -0.39 is 22.2 Å². The van der Waals surface area contributed by atoms with Crippen LogP contribution in [0.4, 0.5) is 5.69 Å². The molecular weight excluding hydrogens is 316 g/mol. The van der Waals surface area contributed by atoms with E-state index in [-0.39, 0.29) is 17.0 Å². The van der Waals surface area contributed by atoms with Gasteiger partial charge in [0, 0.05) is 24.7 Å². The maximum absolute atomic E-state index is 12.3. The first-order chi connectivity index (χ1) is 11.2. The second kappa shape index (κ2) is 6.96. The van der Waals surface area contributed by atoms with Gasteiger partial charge in [0.15, 0.2) is 0 Å². The molecule has 1 aliphatic heterocycles. The minimum absolute atomic E-state index is 0.178. The molecule has 2 rings (SSSR count). The molecule has 1 aromatic rings. The monoisotopic (exact) mass is 336 g/mol. The molecule has 0 saturated carbocycles. The Morgan fingerprint density at radius 3 is 2.38 bits per heavy atom. The first-order valence-corrected chi connectivity index (χ1v) is 7.67. The Bertz CT molecular complexity index is 659. The van der Waals surface area contributed by atoms with Crippen molar-refractivity contribution in [1.82, 2.24) is 4.90 Å². The van der Waals surface area contributed by atoms with Gasteiger partial charge in [0.05, 0.1) is 4.92 Å². The SMILES string of the molecule is CC(C)(C)OOC(=O)c1ccc(C(=O)N2CCCC2)cc1[N+](=O)[O-]. The first-order valence-electron chi connectivity index (χ1n) is 7.67. The number of nitrogens with zero attached hydrogens (tertiary/aromatic N) is 2. The van der Waals surface area contributed by atoms with Crippen molar-refractivity contribution in [3.05, 3.63) is 39.4 Å². The van der Waals surface area contributed by atoms with Gasteiger partial charge in [-0.15, -0.1) is 0 Å². The molecule has 0 aliphatic carbocycles. The lowest BCUT2D eigenvalue weighted by Gasteiger charge is -2.17. The van der Waals surface area contributed by atoms with Crippen molar-refractivity contribution < 1.29 is 24.3 Å². The van der Waals surface area contributed by atoms with Gasteiger partial charge in [0.2, 0.25) is 0 Å². The van der Waals surface area contributed by atoms with Crippen molar-refractivity contribution in [3.63, 3.8) is 0 Å². The Morgan fingerprint density at radius 1 is 1.21 bits per heavy atom. The van der Waals surface area contributed by atoms with E-state index in [4.69, 9.17) is 4.89 Å². The molecule has 0 aromatic heterocycles. The van der Waals surface area contributed by atoms with Crippen LogP contribution in [0, 0.1) is 10.1 Å². The predicted octanol–water partition coefficient (Wildman–Crippen LogP) is 2.72. The maximum Gasteiger partial charge on any atom is 0.380 e. The van der Waals surface area contributed by atoms with Crippen LogP contribution in [0.15, 0.2) is 18.2 Å². The van der Waals surface area contributed by atoms with Gasteiger partial charge in [-0.25, -0.2) is 4.79 Å². The largest absolute Gasteiger partial charge is 0.380 e. The lowest BCUT2D eigenvalue weighted by atomic mass is 10.1. The molecular formula is C16H20N2O6. The van der Waals surface area contributed by atoms with Crippen LogP contribution in [0.3, 0.4) is 0 Å². The lowest BCUT2D eigenvalue weighted by molar-refractivity contribution is -0.385.